The smallest absolute Gasteiger partial charge is 0.203 e. The third kappa shape index (κ3) is 2.78. The molecule has 0 bridgehead atoms. The Kier molecular flexibility index (Phi) is 4.41. The minimum atomic E-state index is 0.110. The molecule has 0 radical (unpaired) electrons. The summed E-state index contributed by atoms with van der Waals surface area (Å²) < 4.78 is 16.5. The summed E-state index contributed by atoms with van der Waals surface area (Å²) in [6.45, 7) is 0. The summed E-state index contributed by atoms with van der Waals surface area (Å²) in [5, 5.41) is 12.9. The van der Waals surface area contributed by atoms with Gasteiger partial charge in [-0.3, -0.25) is 0 Å². The van der Waals surface area contributed by atoms with Crippen molar-refractivity contribution < 1.29 is 14.2 Å². The number of nitriles is 1. The molecule has 0 saturated carbocycles. The molecule has 4 rings (SSSR count). The van der Waals surface area contributed by atoms with E-state index in [1.165, 1.54) is 5.56 Å². The highest BCUT2D eigenvalue weighted by molar-refractivity contribution is 5.63. The maximum Gasteiger partial charge on any atom is 0.203 e. The zero-order chi connectivity index (χ0) is 19.0. The Hall–Kier alpha value is -3.13. The molecule has 27 heavy (non-hydrogen) atoms. The summed E-state index contributed by atoms with van der Waals surface area (Å²) in [7, 11) is 4.88. The van der Waals surface area contributed by atoms with E-state index in [2.05, 4.69) is 23.5 Å². The molecule has 3 unspecified atom stereocenters. The number of hydrogen-bond acceptors (Lipinski definition) is 5. The minimum absolute atomic E-state index is 0.110. The number of methoxy groups -OCH3 is 3. The third-order valence-corrected chi connectivity index (χ3v) is 5.54. The lowest BCUT2D eigenvalue weighted by Gasteiger charge is -2.38. The van der Waals surface area contributed by atoms with Gasteiger partial charge in [-0.05, 0) is 53.8 Å². The molecule has 5 nitrogen and oxygen atoms in total. The fraction of sp³-hybridized carbons (Fsp3) is 0.318. The first-order chi connectivity index (χ1) is 13.2. The molecule has 2 aromatic rings. The van der Waals surface area contributed by atoms with Crippen molar-refractivity contribution in [2.45, 2.75) is 18.4 Å². The van der Waals surface area contributed by atoms with Crippen molar-refractivity contribution in [1.29, 1.82) is 5.26 Å². The Morgan fingerprint density at radius 1 is 1.04 bits per heavy atom. The Balaban J connectivity index is 1.80. The highest BCUT2D eigenvalue weighted by atomic mass is 16.5. The van der Waals surface area contributed by atoms with Gasteiger partial charge in [0.25, 0.3) is 0 Å². The standard InChI is InChI=1S/C22H22N2O3/c1-25-19-10-14(11-20(26-2)22(19)27-3)21-16-6-4-5-15(16)17-9-13(12-23)7-8-18(17)24-21/h4-5,7-11,15-16,21,24H,6H2,1-3H3. The monoisotopic (exact) mass is 362 g/mol. The second-order valence-corrected chi connectivity index (χ2v) is 6.85. The number of allylic oxidation sites excluding steroid dienone is 2. The Morgan fingerprint density at radius 3 is 2.41 bits per heavy atom. The number of fused-ring (bicyclic) bond motifs is 3. The van der Waals surface area contributed by atoms with Crippen LogP contribution in [-0.2, 0) is 0 Å². The lowest BCUT2D eigenvalue weighted by molar-refractivity contribution is 0.322. The molecular weight excluding hydrogens is 340 g/mol. The lowest BCUT2D eigenvalue weighted by atomic mass is 9.76. The van der Waals surface area contributed by atoms with Crippen LogP contribution in [0.25, 0.3) is 0 Å². The number of benzene rings is 2. The summed E-state index contributed by atoms with van der Waals surface area (Å²) >= 11 is 0. The molecule has 2 aromatic carbocycles. The molecule has 2 aliphatic rings. The Bertz CT molecular complexity index is 920. The first-order valence-electron chi connectivity index (χ1n) is 8.97. The second-order valence-electron chi connectivity index (χ2n) is 6.85. The highest BCUT2D eigenvalue weighted by Crippen LogP contribution is 2.51. The maximum atomic E-state index is 9.25. The number of nitrogens with zero attached hydrogens (tertiary/aromatic N) is 1. The molecule has 1 N–H and O–H groups in total. The number of nitrogens with one attached hydrogen (secondary N) is 1. The summed E-state index contributed by atoms with van der Waals surface area (Å²) in [5.74, 6) is 2.57. The quantitative estimate of drug-likeness (QED) is 0.816. The highest BCUT2D eigenvalue weighted by Gasteiger charge is 2.38. The van der Waals surface area contributed by atoms with Crippen LogP contribution >= 0.6 is 0 Å². The number of ether oxygens (including phenoxy) is 3. The predicted octanol–water partition coefficient (Wildman–Crippen LogP) is 4.41. The van der Waals surface area contributed by atoms with Crippen LogP contribution in [0.15, 0.2) is 42.5 Å². The molecule has 0 saturated heterocycles. The molecule has 0 fully saturated rings. The van der Waals surface area contributed by atoms with E-state index in [9.17, 15) is 5.26 Å². The van der Waals surface area contributed by atoms with Crippen LogP contribution in [0.4, 0.5) is 5.69 Å². The van der Waals surface area contributed by atoms with E-state index in [4.69, 9.17) is 14.2 Å². The molecule has 1 heterocycles. The fourth-order valence-electron chi connectivity index (χ4n) is 4.27. The predicted molar refractivity (Wildman–Crippen MR) is 104 cm³/mol. The fourth-order valence-corrected chi connectivity index (χ4v) is 4.27. The summed E-state index contributed by atoms with van der Waals surface area (Å²) in [6, 6.07) is 12.2. The topological polar surface area (TPSA) is 63.5 Å². The zero-order valence-electron chi connectivity index (χ0n) is 15.7. The van der Waals surface area contributed by atoms with Gasteiger partial charge in [-0.1, -0.05) is 12.2 Å². The van der Waals surface area contributed by atoms with Gasteiger partial charge in [0.1, 0.15) is 0 Å². The van der Waals surface area contributed by atoms with Gasteiger partial charge in [-0.25, -0.2) is 0 Å². The molecule has 1 aliphatic heterocycles. The van der Waals surface area contributed by atoms with Crippen molar-refractivity contribution in [3.63, 3.8) is 0 Å². The van der Waals surface area contributed by atoms with Crippen LogP contribution in [-0.4, -0.2) is 21.3 Å². The van der Waals surface area contributed by atoms with Crippen molar-refractivity contribution in [3.05, 3.63) is 59.2 Å². The van der Waals surface area contributed by atoms with Gasteiger partial charge < -0.3 is 19.5 Å². The normalized spacial score (nSPS) is 22.2. The lowest BCUT2D eigenvalue weighted by Crippen LogP contribution is -2.29. The largest absolute Gasteiger partial charge is 0.493 e. The van der Waals surface area contributed by atoms with Gasteiger partial charge in [0, 0.05) is 11.6 Å². The van der Waals surface area contributed by atoms with E-state index in [-0.39, 0.29) is 6.04 Å². The van der Waals surface area contributed by atoms with Crippen molar-refractivity contribution in [1.82, 2.24) is 0 Å². The molecule has 3 atom stereocenters. The van der Waals surface area contributed by atoms with Gasteiger partial charge in [-0.15, -0.1) is 0 Å². The maximum absolute atomic E-state index is 9.25. The van der Waals surface area contributed by atoms with E-state index in [0.717, 1.165) is 17.7 Å². The average molecular weight is 362 g/mol. The van der Waals surface area contributed by atoms with Gasteiger partial charge in [0.05, 0.1) is 39.0 Å². The third-order valence-electron chi connectivity index (χ3n) is 5.54. The van der Waals surface area contributed by atoms with Crippen molar-refractivity contribution in [2.24, 2.45) is 5.92 Å². The second kappa shape index (κ2) is 6.88. The summed E-state index contributed by atoms with van der Waals surface area (Å²) in [4.78, 5) is 0. The van der Waals surface area contributed by atoms with Gasteiger partial charge in [-0.2, -0.15) is 5.26 Å². The SMILES string of the molecule is COc1cc(C2Nc3ccc(C#N)cc3C3C=CCC32)cc(OC)c1OC. The first kappa shape index (κ1) is 17.3. The number of hydrogen-bond donors (Lipinski definition) is 1. The summed E-state index contributed by atoms with van der Waals surface area (Å²) in [6.07, 6.45) is 5.47. The van der Waals surface area contributed by atoms with Crippen LogP contribution in [0.1, 0.15) is 35.1 Å². The van der Waals surface area contributed by atoms with Crippen molar-refractivity contribution in [3.8, 4) is 23.3 Å². The molecule has 5 heteroatoms. The van der Waals surface area contributed by atoms with Crippen molar-refractivity contribution in [2.75, 3.05) is 26.6 Å². The van der Waals surface area contributed by atoms with Gasteiger partial charge in [0.15, 0.2) is 11.5 Å². The molecule has 0 spiro atoms. The van der Waals surface area contributed by atoms with E-state index in [0.29, 0.717) is 34.6 Å². The van der Waals surface area contributed by atoms with Crippen LogP contribution in [0.3, 0.4) is 0 Å². The Labute approximate surface area is 159 Å². The van der Waals surface area contributed by atoms with Crippen LogP contribution in [0.2, 0.25) is 0 Å². The first-order valence-corrected chi connectivity index (χ1v) is 8.97. The Morgan fingerprint density at radius 2 is 1.78 bits per heavy atom. The van der Waals surface area contributed by atoms with E-state index >= 15 is 0 Å². The van der Waals surface area contributed by atoms with E-state index < -0.39 is 0 Å². The minimum Gasteiger partial charge on any atom is -0.493 e. The molecular formula is C22H22N2O3. The van der Waals surface area contributed by atoms with Gasteiger partial charge in [0.2, 0.25) is 5.75 Å². The van der Waals surface area contributed by atoms with Crippen LogP contribution in [0.5, 0.6) is 17.2 Å². The number of rotatable bonds is 4. The van der Waals surface area contributed by atoms with Crippen LogP contribution in [0, 0.1) is 17.2 Å². The van der Waals surface area contributed by atoms with E-state index in [1.807, 2.05) is 30.3 Å². The molecule has 0 amide bonds. The molecule has 1 aliphatic carbocycles. The number of anilines is 1. The summed E-state index contributed by atoms with van der Waals surface area (Å²) in [5.41, 5.74) is 4.05. The van der Waals surface area contributed by atoms with Crippen LogP contribution < -0.4 is 19.5 Å². The average Bonchev–Trinajstić information content (AvgIpc) is 3.21. The zero-order valence-corrected chi connectivity index (χ0v) is 15.7. The van der Waals surface area contributed by atoms with Crippen molar-refractivity contribution >= 4 is 5.69 Å². The molecule has 138 valence electrons. The van der Waals surface area contributed by atoms with Gasteiger partial charge >= 0.3 is 0 Å². The molecule has 0 aromatic heterocycles. The van der Waals surface area contributed by atoms with E-state index in [1.54, 1.807) is 21.3 Å².